The summed E-state index contributed by atoms with van der Waals surface area (Å²) in [5.74, 6) is 0. The Balaban J connectivity index is 0. The van der Waals surface area contributed by atoms with Gasteiger partial charge >= 0.3 is 23.1 Å². The van der Waals surface area contributed by atoms with E-state index in [1.54, 1.807) is 0 Å². The molecule has 0 radical (unpaired) electrons. The van der Waals surface area contributed by atoms with Gasteiger partial charge in [0.15, 0.2) is 6.29 Å². The molecule has 0 spiro atoms. The minimum absolute atomic E-state index is 0. The molecule has 1 rings (SSSR count). The summed E-state index contributed by atoms with van der Waals surface area (Å²) < 4.78 is 11.0. The van der Waals surface area contributed by atoms with E-state index >= 15 is 0 Å². The Kier molecular flexibility index (Phi) is 15.3. The molecule has 0 saturated carbocycles. The summed E-state index contributed by atoms with van der Waals surface area (Å²) in [4.78, 5) is 0. The third-order valence-electron chi connectivity index (χ3n) is 2.09. The Morgan fingerprint density at radius 1 is 1.29 bits per heavy atom. The fourth-order valence-electron chi connectivity index (χ4n) is 1.34. The summed E-state index contributed by atoms with van der Waals surface area (Å²) in [6.07, 6.45) is 6.89. The van der Waals surface area contributed by atoms with Gasteiger partial charge in [0.25, 0.3) is 0 Å². The molecule has 0 amide bonds. The van der Waals surface area contributed by atoms with E-state index in [9.17, 15) is 0 Å². The predicted molar refractivity (Wildman–Crippen MR) is 54.5 cm³/mol. The van der Waals surface area contributed by atoms with Gasteiger partial charge in [0.1, 0.15) is 0 Å². The summed E-state index contributed by atoms with van der Waals surface area (Å²) >= 11 is 0. The van der Waals surface area contributed by atoms with Crippen molar-refractivity contribution in [1.29, 1.82) is 0 Å². The third-order valence-corrected chi connectivity index (χ3v) is 2.09. The molecule has 4 heteroatoms. The monoisotopic (exact) mass is 274 g/mol. The normalized spacial score (nSPS) is 20.8. The van der Waals surface area contributed by atoms with E-state index in [1.807, 2.05) is 0 Å². The van der Waals surface area contributed by atoms with Crippen molar-refractivity contribution in [2.75, 3.05) is 13.2 Å². The van der Waals surface area contributed by atoms with Crippen LogP contribution >= 0.6 is 0 Å². The summed E-state index contributed by atoms with van der Waals surface area (Å²) in [6, 6.07) is 0. The second kappa shape index (κ2) is 12.2. The zero-order valence-corrected chi connectivity index (χ0v) is 11.8. The first-order valence-electron chi connectivity index (χ1n) is 4.96. The van der Waals surface area contributed by atoms with Crippen molar-refractivity contribution in [3.05, 3.63) is 6.92 Å². The molecule has 1 fully saturated rings. The molecular formula is C10H19BrMgO2. The molecule has 0 bridgehead atoms. The number of halogens is 1. The molecular weight excluding hydrogens is 256 g/mol. The molecule has 1 unspecified atom stereocenters. The number of hydrogen-bond acceptors (Lipinski definition) is 2. The standard InChI is InChI=1S/C10H19O2.BrH.Mg/c1-2-3-5-8-11-10-7-4-6-9-12-10;;/h10H,1-9H2;1H;/q-1;;+2/p-1. The summed E-state index contributed by atoms with van der Waals surface area (Å²) in [6.45, 7) is 5.49. The van der Waals surface area contributed by atoms with Gasteiger partial charge in [0.2, 0.25) is 0 Å². The fourth-order valence-corrected chi connectivity index (χ4v) is 1.34. The maximum Gasteiger partial charge on any atom is 2.00 e. The van der Waals surface area contributed by atoms with Gasteiger partial charge in [-0.25, -0.2) is 0 Å². The Morgan fingerprint density at radius 3 is 2.64 bits per heavy atom. The fraction of sp³-hybridized carbons (Fsp3) is 0.900. The van der Waals surface area contributed by atoms with E-state index in [0.717, 1.165) is 38.9 Å². The van der Waals surface area contributed by atoms with Crippen molar-refractivity contribution in [2.45, 2.75) is 44.8 Å². The molecule has 0 aromatic rings. The van der Waals surface area contributed by atoms with Crippen LogP contribution in [0.15, 0.2) is 0 Å². The minimum Gasteiger partial charge on any atom is -1.00 e. The SMILES string of the molecule is [Br-].[CH2-]CCCCOC1CCCCO1.[Mg+2]. The van der Waals surface area contributed by atoms with E-state index in [1.165, 1.54) is 12.8 Å². The van der Waals surface area contributed by atoms with Crippen LogP contribution in [0.2, 0.25) is 0 Å². The zero-order valence-electron chi connectivity index (χ0n) is 8.84. The van der Waals surface area contributed by atoms with Gasteiger partial charge < -0.3 is 33.4 Å². The van der Waals surface area contributed by atoms with Crippen LogP contribution in [0.5, 0.6) is 0 Å². The Bertz CT molecular complexity index is 108. The van der Waals surface area contributed by atoms with Crippen LogP contribution in [0.1, 0.15) is 38.5 Å². The van der Waals surface area contributed by atoms with Gasteiger partial charge in [0.05, 0.1) is 0 Å². The smallest absolute Gasteiger partial charge is 1.00 e. The Labute approximate surface area is 114 Å². The second-order valence-corrected chi connectivity index (χ2v) is 3.23. The molecule has 14 heavy (non-hydrogen) atoms. The van der Waals surface area contributed by atoms with Gasteiger partial charge in [-0.05, 0) is 25.7 Å². The van der Waals surface area contributed by atoms with Crippen molar-refractivity contribution in [1.82, 2.24) is 0 Å². The summed E-state index contributed by atoms with van der Waals surface area (Å²) in [7, 11) is 0. The maximum atomic E-state index is 5.54. The van der Waals surface area contributed by atoms with Crippen LogP contribution in [0.3, 0.4) is 0 Å². The van der Waals surface area contributed by atoms with E-state index in [2.05, 4.69) is 6.92 Å². The van der Waals surface area contributed by atoms with Gasteiger partial charge in [-0.2, -0.15) is 6.42 Å². The van der Waals surface area contributed by atoms with E-state index < -0.39 is 0 Å². The van der Waals surface area contributed by atoms with Crippen LogP contribution in [-0.4, -0.2) is 42.6 Å². The first-order valence-corrected chi connectivity index (χ1v) is 4.96. The molecule has 1 saturated heterocycles. The molecule has 1 aliphatic heterocycles. The molecule has 1 atom stereocenters. The van der Waals surface area contributed by atoms with Gasteiger partial charge in [-0.3, -0.25) is 0 Å². The topological polar surface area (TPSA) is 18.5 Å². The molecule has 80 valence electrons. The van der Waals surface area contributed by atoms with Crippen molar-refractivity contribution >= 4 is 23.1 Å². The van der Waals surface area contributed by atoms with Gasteiger partial charge in [0, 0.05) is 13.2 Å². The molecule has 0 aliphatic carbocycles. The number of hydrogen-bond donors (Lipinski definition) is 0. The first kappa shape index (κ1) is 17.6. The average Bonchev–Trinajstić information content (AvgIpc) is 2.14. The van der Waals surface area contributed by atoms with Crippen molar-refractivity contribution in [3.8, 4) is 0 Å². The quantitative estimate of drug-likeness (QED) is 0.370. The van der Waals surface area contributed by atoms with Crippen LogP contribution in [0.4, 0.5) is 0 Å². The second-order valence-electron chi connectivity index (χ2n) is 3.23. The van der Waals surface area contributed by atoms with Crippen LogP contribution < -0.4 is 17.0 Å². The molecule has 0 N–H and O–H groups in total. The number of unbranched alkanes of at least 4 members (excludes halogenated alkanes) is 2. The van der Waals surface area contributed by atoms with Gasteiger partial charge in [-0.1, -0.05) is 6.42 Å². The Hall–Kier alpha value is 1.17. The minimum atomic E-state index is 0. The molecule has 1 aliphatic rings. The summed E-state index contributed by atoms with van der Waals surface area (Å²) in [5, 5.41) is 0. The average molecular weight is 275 g/mol. The van der Waals surface area contributed by atoms with Crippen molar-refractivity contribution < 1.29 is 26.5 Å². The number of ether oxygens (including phenoxy) is 2. The maximum absolute atomic E-state index is 5.54. The van der Waals surface area contributed by atoms with Crippen LogP contribution in [-0.2, 0) is 9.47 Å². The van der Waals surface area contributed by atoms with Crippen molar-refractivity contribution in [3.63, 3.8) is 0 Å². The third kappa shape index (κ3) is 8.47. The largest absolute Gasteiger partial charge is 2.00 e. The van der Waals surface area contributed by atoms with Crippen LogP contribution in [0.25, 0.3) is 0 Å². The predicted octanol–water partition coefficient (Wildman–Crippen LogP) is -0.843. The molecule has 0 aromatic heterocycles. The molecule has 0 aromatic carbocycles. The molecule has 1 heterocycles. The van der Waals surface area contributed by atoms with E-state index in [0.29, 0.717) is 0 Å². The first-order chi connectivity index (χ1) is 5.93. The van der Waals surface area contributed by atoms with E-state index in [-0.39, 0.29) is 46.3 Å². The summed E-state index contributed by atoms with van der Waals surface area (Å²) in [5.41, 5.74) is 0. The Morgan fingerprint density at radius 2 is 2.07 bits per heavy atom. The van der Waals surface area contributed by atoms with Gasteiger partial charge in [-0.15, -0.1) is 0 Å². The zero-order chi connectivity index (χ0) is 8.65. The van der Waals surface area contributed by atoms with E-state index in [4.69, 9.17) is 9.47 Å². The number of rotatable bonds is 5. The molecule has 2 nitrogen and oxygen atoms in total. The van der Waals surface area contributed by atoms with Crippen molar-refractivity contribution in [2.24, 2.45) is 0 Å². The van der Waals surface area contributed by atoms with Crippen LogP contribution in [0, 0.1) is 6.92 Å².